The van der Waals surface area contributed by atoms with Gasteiger partial charge in [-0.2, -0.15) is 0 Å². The van der Waals surface area contributed by atoms with E-state index in [1.807, 2.05) is 0 Å². The minimum atomic E-state index is -0.889. The molecule has 88 valence electrons. The normalized spacial score (nSPS) is 11.2. The Morgan fingerprint density at radius 3 is 2.38 bits per heavy atom. The van der Waals surface area contributed by atoms with Gasteiger partial charge in [0.25, 0.3) is 11.7 Å². The van der Waals surface area contributed by atoms with Gasteiger partial charge in [-0.05, 0) is 20.8 Å². The van der Waals surface area contributed by atoms with Gasteiger partial charge in [-0.1, -0.05) is 5.16 Å². The lowest BCUT2D eigenvalue weighted by Crippen LogP contribution is -2.25. The molecule has 1 rings (SSSR count). The number of hydrogen-bond donors (Lipinski definition) is 2. The molecule has 0 unspecified atom stereocenters. The summed E-state index contributed by atoms with van der Waals surface area (Å²) in [5.74, 6) is -2.32. The fourth-order valence-corrected chi connectivity index (χ4v) is 1.00. The van der Waals surface area contributed by atoms with Crippen LogP contribution in [0.3, 0.4) is 0 Å². The molecule has 0 spiro atoms. The number of amides is 1. The van der Waals surface area contributed by atoms with Crippen molar-refractivity contribution in [3.05, 3.63) is 11.3 Å². The zero-order valence-corrected chi connectivity index (χ0v) is 9.23. The van der Waals surface area contributed by atoms with E-state index < -0.39 is 17.5 Å². The Bertz CT molecular complexity index is 430. The van der Waals surface area contributed by atoms with Crippen molar-refractivity contribution in [2.24, 2.45) is 5.73 Å². The van der Waals surface area contributed by atoms with Gasteiger partial charge in [0, 0.05) is 0 Å². The highest BCUT2D eigenvalue weighted by Crippen LogP contribution is 2.19. The van der Waals surface area contributed by atoms with Crippen molar-refractivity contribution in [1.82, 2.24) is 5.16 Å². The molecule has 0 aliphatic heterocycles. The van der Waals surface area contributed by atoms with Crippen molar-refractivity contribution < 1.29 is 18.8 Å². The van der Waals surface area contributed by atoms with Crippen LogP contribution in [0.4, 0.5) is 5.82 Å². The van der Waals surface area contributed by atoms with Crippen LogP contribution in [0, 0.1) is 0 Å². The maximum absolute atomic E-state index is 11.6. The summed E-state index contributed by atoms with van der Waals surface area (Å²) < 4.78 is 9.61. The molecule has 1 aromatic heterocycles. The van der Waals surface area contributed by atoms with Gasteiger partial charge in [-0.15, -0.1) is 0 Å². The first-order valence-corrected chi connectivity index (χ1v) is 4.50. The van der Waals surface area contributed by atoms with Crippen LogP contribution in [0.15, 0.2) is 4.52 Å². The number of carbonyl (C=O) groups is 2. The van der Waals surface area contributed by atoms with Crippen LogP contribution in [0.2, 0.25) is 0 Å². The highest BCUT2D eigenvalue weighted by molar-refractivity contribution is 6.06. The average molecular weight is 227 g/mol. The number of nitrogens with zero attached hydrogens (tertiary/aromatic N) is 1. The van der Waals surface area contributed by atoms with E-state index in [1.54, 1.807) is 20.8 Å². The van der Waals surface area contributed by atoms with E-state index in [9.17, 15) is 9.59 Å². The van der Waals surface area contributed by atoms with Crippen molar-refractivity contribution in [2.75, 3.05) is 5.73 Å². The number of nitrogen functional groups attached to an aromatic ring is 1. The van der Waals surface area contributed by atoms with E-state index >= 15 is 0 Å². The smallest absolute Gasteiger partial charge is 0.378 e. The van der Waals surface area contributed by atoms with Crippen molar-refractivity contribution in [2.45, 2.75) is 26.4 Å². The molecular weight excluding hydrogens is 214 g/mol. The molecule has 1 heterocycles. The molecule has 7 nitrogen and oxygen atoms in total. The third kappa shape index (κ3) is 2.50. The van der Waals surface area contributed by atoms with Crippen molar-refractivity contribution in [3.8, 4) is 0 Å². The average Bonchev–Trinajstić information content (AvgIpc) is 2.43. The van der Waals surface area contributed by atoms with E-state index in [4.69, 9.17) is 16.2 Å². The first-order chi connectivity index (χ1) is 7.22. The summed E-state index contributed by atoms with van der Waals surface area (Å²) in [4.78, 5) is 22.6. The lowest BCUT2D eigenvalue weighted by Gasteiger charge is -2.18. The van der Waals surface area contributed by atoms with Crippen LogP contribution in [-0.4, -0.2) is 22.6 Å². The fraction of sp³-hybridized carbons (Fsp3) is 0.444. The maximum Gasteiger partial charge on any atom is 0.378 e. The molecule has 1 amide bonds. The van der Waals surface area contributed by atoms with Crippen LogP contribution in [0.5, 0.6) is 0 Å². The number of primary amides is 1. The van der Waals surface area contributed by atoms with Gasteiger partial charge in [-0.3, -0.25) is 4.79 Å². The molecule has 0 fully saturated rings. The molecule has 0 saturated heterocycles. The van der Waals surface area contributed by atoms with E-state index in [2.05, 4.69) is 9.68 Å². The largest absolute Gasteiger partial charge is 0.454 e. The maximum atomic E-state index is 11.6. The van der Waals surface area contributed by atoms with E-state index in [-0.39, 0.29) is 17.1 Å². The van der Waals surface area contributed by atoms with Gasteiger partial charge in [0.05, 0.1) is 0 Å². The lowest BCUT2D eigenvalue weighted by atomic mass is 10.2. The number of ether oxygens (including phenoxy) is 1. The molecule has 0 radical (unpaired) electrons. The Morgan fingerprint density at radius 2 is 1.94 bits per heavy atom. The van der Waals surface area contributed by atoms with E-state index in [1.165, 1.54) is 0 Å². The van der Waals surface area contributed by atoms with Crippen molar-refractivity contribution in [3.63, 3.8) is 0 Å². The zero-order chi connectivity index (χ0) is 12.5. The summed E-state index contributed by atoms with van der Waals surface area (Å²) in [6, 6.07) is 0. The van der Waals surface area contributed by atoms with E-state index in [0.29, 0.717) is 0 Å². The third-order valence-corrected chi connectivity index (χ3v) is 1.55. The Labute approximate surface area is 91.7 Å². The number of carbonyl (C=O) groups excluding carboxylic acids is 2. The quantitative estimate of drug-likeness (QED) is 0.701. The zero-order valence-electron chi connectivity index (χ0n) is 9.23. The highest BCUT2D eigenvalue weighted by Gasteiger charge is 2.29. The minimum absolute atomic E-state index is 0.228. The van der Waals surface area contributed by atoms with Crippen LogP contribution in [0.1, 0.15) is 41.7 Å². The van der Waals surface area contributed by atoms with Crippen LogP contribution >= 0.6 is 0 Å². The number of esters is 1. The summed E-state index contributed by atoms with van der Waals surface area (Å²) in [5, 5.41) is 3.29. The van der Waals surface area contributed by atoms with Crippen LogP contribution < -0.4 is 11.5 Å². The topological polar surface area (TPSA) is 121 Å². The number of hydrogen-bond acceptors (Lipinski definition) is 6. The summed E-state index contributed by atoms with van der Waals surface area (Å²) in [6.07, 6.45) is 0. The van der Waals surface area contributed by atoms with Gasteiger partial charge in [0.15, 0.2) is 5.82 Å². The highest BCUT2D eigenvalue weighted by atomic mass is 16.6. The third-order valence-electron chi connectivity index (χ3n) is 1.55. The molecule has 0 bridgehead atoms. The molecule has 4 N–H and O–H groups in total. The number of rotatable bonds is 2. The Balaban J connectivity index is 3.05. The number of nitrogens with two attached hydrogens (primary N) is 2. The Kier molecular flexibility index (Phi) is 2.88. The van der Waals surface area contributed by atoms with Crippen molar-refractivity contribution >= 4 is 17.7 Å². The lowest BCUT2D eigenvalue weighted by molar-refractivity contribution is 0.00257. The summed E-state index contributed by atoms with van der Waals surface area (Å²) in [7, 11) is 0. The van der Waals surface area contributed by atoms with Gasteiger partial charge in [0.2, 0.25) is 0 Å². The molecule has 0 aliphatic carbocycles. The van der Waals surface area contributed by atoms with Gasteiger partial charge >= 0.3 is 5.97 Å². The second kappa shape index (κ2) is 3.84. The number of anilines is 1. The molecular formula is C9H13N3O4. The van der Waals surface area contributed by atoms with Crippen LogP contribution in [0.25, 0.3) is 0 Å². The van der Waals surface area contributed by atoms with Gasteiger partial charge in [-0.25, -0.2) is 4.79 Å². The van der Waals surface area contributed by atoms with Gasteiger partial charge in [0.1, 0.15) is 11.2 Å². The monoisotopic (exact) mass is 227 g/mol. The molecule has 0 atom stereocenters. The number of aromatic nitrogens is 1. The SMILES string of the molecule is CC(C)(C)OC(=O)c1onc(N)c1C(N)=O. The second-order valence-electron chi connectivity index (χ2n) is 4.14. The second-order valence-corrected chi connectivity index (χ2v) is 4.14. The molecule has 0 saturated carbocycles. The summed E-state index contributed by atoms with van der Waals surface area (Å²) in [5.41, 5.74) is 9.40. The first kappa shape index (κ1) is 12.0. The summed E-state index contributed by atoms with van der Waals surface area (Å²) >= 11 is 0. The van der Waals surface area contributed by atoms with Gasteiger partial charge < -0.3 is 20.7 Å². The molecule has 16 heavy (non-hydrogen) atoms. The predicted molar refractivity (Wildman–Crippen MR) is 54.6 cm³/mol. The molecule has 0 aromatic carbocycles. The predicted octanol–water partition coefficient (Wildman–Crippen LogP) is 0.311. The summed E-state index contributed by atoms with van der Waals surface area (Å²) in [6.45, 7) is 5.03. The standard InChI is InChI=1S/C9H13N3O4/c1-9(2,3)15-8(14)5-4(7(11)13)6(10)12-16-5/h1-3H3,(H2,10,12)(H2,11,13). The molecule has 0 aliphatic rings. The Morgan fingerprint density at radius 1 is 1.38 bits per heavy atom. The Hall–Kier alpha value is -2.05. The first-order valence-electron chi connectivity index (χ1n) is 4.50. The molecule has 1 aromatic rings. The van der Waals surface area contributed by atoms with E-state index in [0.717, 1.165) is 0 Å². The fourth-order valence-electron chi connectivity index (χ4n) is 1.00. The van der Waals surface area contributed by atoms with Crippen LogP contribution in [-0.2, 0) is 4.74 Å². The molecule has 7 heteroatoms. The van der Waals surface area contributed by atoms with Crippen molar-refractivity contribution in [1.29, 1.82) is 0 Å². The minimum Gasteiger partial charge on any atom is -0.454 e.